The number of alkyl carbamates (subject to hydrolysis) is 2. The van der Waals surface area contributed by atoms with Crippen LogP contribution in [-0.2, 0) is 32.0 Å². The third kappa shape index (κ3) is 12.3. The molecule has 0 aliphatic carbocycles. The fourth-order valence-corrected chi connectivity index (χ4v) is 4.79. The number of aliphatic hydroxyl groups is 1. The first-order valence-corrected chi connectivity index (χ1v) is 15.3. The summed E-state index contributed by atoms with van der Waals surface area (Å²) in [5, 5.41) is 21.2. The molecule has 0 aromatic heterocycles. The van der Waals surface area contributed by atoms with Crippen molar-refractivity contribution in [1.82, 2.24) is 26.4 Å². The van der Waals surface area contributed by atoms with Crippen molar-refractivity contribution in [2.24, 2.45) is 11.8 Å². The molecule has 2 rings (SSSR count). The van der Waals surface area contributed by atoms with Gasteiger partial charge in [-0.3, -0.25) is 15.0 Å². The van der Waals surface area contributed by atoms with Crippen molar-refractivity contribution in [2.75, 3.05) is 35.0 Å². The van der Waals surface area contributed by atoms with Gasteiger partial charge in [0.2, 0.25) is 5.91 Å². The lowest BCUT2D eigenvalue weighted by atomic mass is 9.98. The Hall–Kier alpha value is -4.56. The first kappa shape index (κ1) is 38.6. The third-order valence-corrected chi connectivity index (χ3v) is 7.40. The second kappa shape index (κ2) is 19.2. The summed E-state index contributed by atoms with van der Waals surface area (Å²) < 4.78 is 20.2. The smallest absolute Gasteiger partial charge is 0.407 e. The number of carbonyl (C=O) groups excluding carboxylic acids is 4. The molecule has 260 valence electrons. The zero-order valence-electron chi connectivity index (χ0n) is 28.4. The van der Waals surface area contributed by atoms with Crippen LogP contribution in [0.5, 0.6) is 11.5 Å². The van der Waals surface area contributed by atoms with Gasteiger partial charge in [-0.1, -0.05) is 64.1 Å². The van der Waals surface area contributed by atoms with Crippen molar-refractivity contribution in [3.63, 3.8) is 0 Å². The van der Waals surface area contributed by atoms with Gasteiger partial charge in [0.15, 0.2) is 11.5 Å². The Morgan fingerprint density at radius 3 is 1.79 bits per heavy atom. The number of aliphatic hydroxyl groups excluding tert-OH is 1. The Morgan fingerprint density at radius 2 is 1.28 bits per heavy atom. The number of rotatable bonds is 17. The van der Waals surface area contributed by atoms with Crippen LogP contribution in [0.4, 0.5) is 9.59 Å². The minimum Gasteiger partial charge on any atom is -0.493 e. The zero-order chi connectivity index (χ0) is 35.1. The van der Waals surface area contributed by atoms with Gasteiger partial charge in [0, 0.05) is 13.1 Å². The summed E-state index contributed by atoms with van der Waals surface area (Å²) in [6.07, 6.45) is -2.51. The fourth-order valence-electron chi connectivity index (χ4n) is 4.79. The van der Waals surface area contributed by atoms with Gasteiger partial charge in [0.1, 0.15) is 12.1 Å². The van der Waals surface area contributed by atoms with Gasteiger partial charge >= 0.3 is 12.2 Å². The van der Waals surface area contributed by atoms with Crippen LogP contribution < -0.4 is 30.8 Å². The van der Waals surface area contributed by atoms with Gasteiger partial charge in [0.05, 0.1) is 40.6 Å². The lowest BCUT2D eigenvalue weighted by molar-refractivity contribution is -0.131. The molecular formula is C33H49N5O9. The highest BCUT2D eigenvalue weighted by atomic mass is 16.5. The first-order valence-electron chi connectivity index (χ1n) is 15.3. The van der Waals surface area contributed by atoms with E-state index < -0.39 is 48.2 Å². The van der Waals surface area contributed by atoms with Crippen LogP contribution in [0.1, 0.15) is 38.8 Å². The Labute approximate surface area is 276 Å². The van der Waals surface area contributed by atoms with Crippen LogP contribution in [0.15, 0.2) is 48.5 Å². The maximum Gasteiger partial charge on any atom is 0.407 e. The largest absolute Gasteiger partial charge is 0.493 e. The predicted molar refractivity (Wildman–Crippen MR) is 175 cm³/mol. The summed E-state index contributed by atoms with van der Waals surface area (Å²) in [6.45, 7) is 7.06. The van der Waals surface area contributed by atoms with E-state index in [0.717, 1.165) is 5.56 Å². The molecule has 2 unspecified atom stereocenters. The second-order valence-corrected chi connectivity index (χ2v) is 11.6. The van der Waals surface area contributed by atoms with Crippen molar-refractivity contribution < 1.29 is 43.2 Å². The van der Waals surface area contributed by atoms with Crippen LogP contribution in [-0.4, -0.2) is 93.3 Å². The topological polar surface area (TPSA) is 177 Å². The molecule has 0 fully saturated rings. The van der Waals surface area contributed by atoms with E-state index in [-0.39, 0.29) is 31.3 Å². The summed E-state index contributed by atoms with van der Waals surface area (Å²) in [4.78, 5) is 51.0. The average Bonchev–Trinajstić information content (AvgIpc) is 3.05. The van der Waals surface area contributed by atoms with Crippen molar-refractivity contribution in [3.05, 3.63) is 59.7 Å². The Kier molecular flexibility index (Phi) is 15.8. The molecule has 0 heterocycles. The Bertz CT molecular complexity index is 1310. The molecule has 4 amide bonds. The highest BCUT2D eigenvalue weighted by molar-refractivity contribution is 5.86. The highest BCUT2D eigenvalue weighted by Gasteiger charge is 2.32. The number of hydrazine groups is 1. The normalized spacial score (nSPS) is 13.6. The fraction of sp³-hybridized carbons (Fsp3) is 0.515. The molecule has 0 bridgehead atoms. The minimum absolute atomic E-state index is 0.108. The average molecular weight is 660 g/mol. The van der Waals surface area contributed by atoms with Crippen molar-refractivity contribution in [3.8, 4) is 11.5 Å². The molecule has 0 saturated carbocycles. The number of carbonyl (C=O) groups is 4. The summed E-state index contributed by atoms with van der Waals surface area (Å²) in [6, 6.07) is 11.8. The zero-order valence-corrected chi connectivity index (χ0v) is 28.4. The van der Waals surface area contributed by atoms with Crippen LogP contribution in [0.25, 0.3) is 0 Å². The van der Waals surface area contributed by atoms with Gasteiger partial charge in [-0.25, -0.2) is 14.6 Å². The molecule has 5 N–H and O–H groups in total. The molecule has 0 spiro atoms. The van der Waals surface area contributed by atoms with Crippen LogP contribution >= 0.6 is 0 Å². The van der Waals surface area contributed by atoms with Crippen LogP contribution in [0.2, 0.25) is 0 Å². The monoisotopic (exact) mass is 659 g/mol. The minimum atomic E-state index is -1.23. The second-order valence-electron chi connectivity index (χ2n) is 11.6. The van der Waals surface area contributed by atoms with E-state index in [2.05, 4.69) is 21.4 Å². The van der Waals surface area contributed by atoms with E-state index in [4.69, 9.17) is 18.9 Å². The molecule has 4 atom stereocenters. The number of nitrogens with zero attached hydrogens (tertiary/aromatic N) is 1. The number of amides is 4. The van der Waals surface area contributed by atoms with Crippen molar-refractivity contribution >= 4 is 24.0 Å². The van der Waals surface area contributed by atoms with Gasteiger partial charge in [-0.15, -0.1) is 0 Å². The first-order chi connectivity index (χ1) is 22.3. The third-order valence-electron chi connectivity index (χ3n) is 7.40. The molecule has 0 aliphatic rings. The van der Waals surface area contributed by atoms with Crippen molar-refractivity contribution in [2.45, 2.75) is 64.9 Å². The molecule has 14 nitrogen and oxygen atoms in total. The van der Waals surface area contributed by atoms with Crippen LogP contribution in [0.3, 0.4) is 0 Å². The number of ether oxygens (including phenoxy) is 4. The summed E-state index contributed by atoms with van der Waals surface area (Å²) in [7, 11) is 5.44. The van der Waals surface area contributed by atoms with Gasteiger partial charge in [-0.05, 0) is 41.5 Å². The van der Waals surface area contributed by atoms with Crippen LogP contribution in [0, 0.1) is 11.8 Å². The van der Waals surface area contributed by atoms with E-state index in [0.29, 0.717) is 17.1 Å². The maximum absolute atomic E-state index is 13.5. The number of methoxy groups -OCH3 is 4. The summed E-state index contributed by atoms with van der Waals surface area (Å²) in [5.74, 6) is -0.662. The molecule has 2 aromatic carbocycles. The van der Waals surface area contributed by atoms with Gasteiger partial charge in [0.25, 0.3) is 5.91 Å². The maximum atomic E-state index is 13.5. The number of benzene rings is 2. The van der Waals surface area contributed by atoms with E-state index >= 15 is 0 Å². The van der Waals surface area contributed by atoms with Gasteiger partial charge < -0.3 is 40.0 Å². The van der Waals surface area contributed by atoms with E-state index in [1.54, 1.807) is 45.9 Å². The highest BCUT2D eigenvalue weighted by Crippen LogP contribution is 2.28. The molecule has 14 heteroatoms. The SMILES string of the molecule is COC(=O)N[C@H](C(=O)NC(Cc1ccccc1)C(O)CN(Cc1ccc(OC)c(OC)c1)NC(=O)[C@@H](NC(=O)OC)C(C)C)C(C)C. The number of hydrogen-bond donors (Lipinski definition) is 5. The van der Waals surface area contributed by atoms with Crippen molar-refractivity contribution in [1.29, 1.82) is 0 Å². The Balaban J connectivity index is 2.45. The summed E-state index contributed by atoms with van der Waals surface area (Å²) >= 11 is 0. The molecular weight excluding hydrogens is 610 g/mol. The lowest BCUT2D eigenvalue weighted by Gasteiger charge is -2.33. The van der Waals surface area contributed by atoms with E-state index in [1.807, 2.05) is 30.3 Å². The number of hydrogen-bond acceptors (Lipinski definition) is 10. The Morgan fingerprint density at radius 1 is 0.723 bits per heavy atom. The van der Waals surface area contributed by atoms with Gasteiger partial charge in [-0.2, -0.15) is 0 Å². The predicted octanol–water partition coefficient (Wildman–Crippen LogP) is 2.39. The molecule has 0 radical (unpaired) electrons. The van der Waals surface area contributed by atoms with E-state index in [1.165, 1.54) is 33.4 Å². The molecule has 0 saturated heterocycles. The molecule has 2 aromatic rings. The number of nitrogens with one attached hydrogen (secondary N) is 4. The summed E-state index contributed by atoms with van der Waals surface area (Å²) in [5.41, 5.74) is 4.38. The standard InChI is InChI=1S/C33H49N5O9/c1-20(2)28(35-32(42)46-7)30(40)34-24(16-22-12-10-9-11-13-22)25(39)19-38(18-23-14-15-26(44-5)27(17-23)45-6)37-31(41)29(21(3)4)36-33(43)47-8/h9-15,17,20-21,24-25,28-29,39H,16,18-19H2,1-8H3,(H,34,40)(H,35,42)(H,36,43)(H,37,41)/t24?,25?,28-,29-/m0/s1. The molecule has 0 aliphatic heterocycles. The molecule has 47 heavy (non-hydrogen) atoms. The van der Waals surface area contributed by atoms with E-state index in [9.17, 15) is 24.3 Å². The lowest BCUT2D eigenvalue weighted by Crippen LogP contribution is -2.59. The quantitative estimate of drug-likeness (QED) is 0.159.